The lowest BCUT2D eigenvalue weighted by Crippen LogP contribution is -2.38. The van der Waals surface area contributed by atoms with E-state index in [0.29, 0.717) is 12.0 Å². The molecule has 2 rings (SSSR count). The molecule has 0 spiro atoms. The van der Waals surface area contributed by atoms with Gasteiger partial charge in [-0.1, -0.05) is 6.42 Å². The van der Waals surface area contributed by atoms with Gasteiger partial charge >= 0.3 is 6.01 Å². The summed E-state index contributed by atoms with van der Waals surface area (Å²) in [6, 6.07) is 0.939. The largest absolute Gasteiger partial charge is 0.467 e. The number of nitrogen functional groups attached to an aromatic ring is 1. The van der Waals surface area contributed by atoms with Crippen molar-refractivity contribution in [3.63, 3.8) is 0 Å². The predicted octanol–water partition coefficient (Wildman–Crippen LogP) is 0.842. The number of ether oxygens (including phenoxy) is 1. The van der Waals surface area contributed by atoms with E-state index in [-0.39, 0.29) is 12.0 Å². The Bertz CT molecular complexity index is 420. The second-order valence-electron chi connectivity index (χ2n) is 5.27. The molecule has 0 aliphatic carbocycles. The molecule has 0 amide bonds. The van der Waals surface area contributed by atoms with Crippen molar-refractivity contribution >= 4 is 11.9 Å². The lowest BCUT2D eigenvalue weighted by Gasteiger charge is -2.33. The third-order valence-electron chi connectivity index (χ3n) is 3.77. The van der Waals surface area contributed by atoms with Crippen molar-refractivity contribution in [1.82, 2.24) is 19.9 Å². The first kappa shape index (κ1) is 15.7. The fourth-order valence-electron chi connectivity index (χ4n) is 2.56. The molecule has 1 aliphatic heterocycles. The quantitative estimate of drug-likeness (QED) is 0.386. The molecule has 1 aromatic rings. The van der Waals surface area contributed by atoms with Crippen LogP contribution >= 0.6 is 0 Å². The van der Waals surface area contributed by atoms with Crippen molar-refractivity contribution in [2.45, 2.75) is 38.6 Å². The lowest BCUT2D eigenvalue weighted by atomic mass is 10.0. The third-order valence-corrected chi connectivity index (χ3v) is 3.77. The third kappa shape index (κ3) is 4.68. The van der Waals surface area contributed by atoms with Gasteiger partial charge in [0.25, 0.3) is 0 Å². The number of piperidine rings is 1. The van der Waals surface area contributed by atoms with Gasteiger partial charge in [0.1, 0.15) is 0 Å². The van der Waals surface area contributed by atoms with Crippen molar-refractivity contribution in [2.75, 3.05) is 37.5 Å². The molecule has 2 heterocycles. The predicted molar refractivity (Wildman–Crippen MR) is 82.2 cm³/mol. The maximum absolute atomic E-state index is 5.32. The fraction of sp³-hybridized carbons (Fsp3) is 0.769. The van der Waals surface area contributed by atoms with Gasteiger partial charge in [-0.25, -0.2) is 5.84 Å². The van der Waals surface area contributed by atoms with Crippen molar-refractivity contribution < 1.29 is 4.74 Å². The molecule has 0 aromatic carbocycles. The zero-order valence-electron chi connectivity index (χ0n) is 12.8. The first-order valence-electron chi connectivity index (χ1n) is 7.47. The second-order valence-corrected chi connectivity index (χ2v) is 5.27. The SMILES string of the molecule is COc1nc(NN)nc(NCCCN2CCCCC2C)n1. The highest BCUT2D eigenvalue weighted by molar-refractivity contribution is 5.34. The average Bonchev–Trinajstić information content (AvgIpc) is 2.52. The standard InChI is InChI=1S/C13H25N7O/c1-10-6-3-4-8-20(10)9-5-7-15-11-16-12(19-14)18-13(17-11)21-2/h10H,3-9,14H2,1-2H3,(H2,15,16,17,18,19). The Balaban J connectivity index is 1.77. The van der Waals surface area contributed by atoms with Crippen molar-refractivity contribution in [2.24, 2.45) is 5.84 Å². The molecular weight excluding hydrogens is 270 g/mol. The topological polar surface area (TPSA) is 101 Å². The van der Waals surface area contributed by atoms with Crippen LogP contribution in [-0.4, -0.2) is 52.6 Å². The minimum Gasteiger partial charge on any atom is -0.467 e. The molecule has 1 fully saturated rings. The van der Waals surface area contributed by atoms with E-state index >= 15 is 0 Å². The van der Waals surface area contributed by atoms with Gasteiger partial charge in [-0.3, -0.25) is 5.43 Å². The summed E-state index contributed by atoms with van der Waals surface area (Å²) in [4.78, 5) is 14.8. The van der Waals surface area contributed by atoms with E-state index in [0.717, 1.165) is 19.5 Å². The lowest BCUT2D eigenvalue weighted by molar-refractivity contribution is 0.160. The summed E-state index contributed by atoms with van der Waals surface area (Å²) >= 11 is 0. The van der Waals surface area contributed by atoms with Gasteiger partial charge in [0.05, 0.1) is 7.11 Å². The number of aromatic nitrogens is 3. The number of anilines is 2. The molecule has 8 heteroatoms. The molecule has 4 N–H and O–H groups in total. The Kier molecular flexibility index (Phi) is 5.94. The number of hydrogen-bond donors (Lipinski definition) is 3. The zero-order chi connectivity index (χ0) is 15.1. The number of nitrogens with zero attached hydrogens (tertiary/aromatic N) is 4. The normalized spacial score (nSPS) is 19.3. The Labute approximate surface area is 125 Å². The number of rotatable bonds is 7. The van der Waals surface area contributed by atoms with E-state index in [1.54, 1.807) is 0 Å². The minimum absolute atomic E-state index is 0.241. The molecule has 1 aromatic heterocycles. The molecule has 8 nitrogen and oxygen atoms in total. The van der Waals surface area contributed by atoms with Gasteiger partial charge in [-0.2, -0.15) is 15.0 Å². The van der Waals surface area contributed by atoms with Crippen molar-refractivity contribution in [1.29, 1.82) is 0 Å². The van der Waals surface area contributed by atoms with Crippen LogP contribution in [0.25, 0.3) is 0 Å². The van der Waals surface area contributed by atoms with E-state index in [1.165, 1.54) is 32.9 Å². The first-order chi connectivity index (χ1) is 10.2. The first-order valence-corrected chi connectivity index (χ1v) is 7.47. The highest BCUT2D eigenvalue weighted by atomic mass is 16.5. The highest BCUT2D eigenvalue weighted by Gasteiger charge is 2.17. The van der Waals surface area contributed by atoms with Crippen LogP contribution in [0.1, 0.15) is 32.6 Å². The number of methoxy groups -OCH3 is 1. The maximum Gasteiger partial charge on any atom is 0.322 e. The minimum atomic E-state index is 0.241. The monoisotopic (exact) mass is 295 g/mol. The Morgan fingerprint density at radius 1 is 1.29 bits per heavy atom. The Morgan fingerprint density at radius 2 is 2.10 bits per heavy atom. The number of hydrazine groups is 1. The summed E-state index contributed by atoms with van der Waals surface area (Å²) in [5.41, 5.74) is 2.40. The van der Waals surface area contributed by atoms with E-state index < -0.39 is 0 Å². The molecule has 1 atom stereocenters. The average molecular weight is 295 g/mol. The Morgan fingerprint density at radius 3 is 2.81 bits per heavy atom. The number of likely N-dealkylation sites (tertiary alicyclic amines) is 1. The van der Waals surface area contributed by atoms with Crippen LogP contribution in [0.2, 0.25) is 0 Å². The molecule has 0 bridgehead atoms. The smallest absolute Gasteiger partial charge is 0.322 e. The molecule has 118 valence electrons. The molecule has 1 unspecified atom stereocenters. The summed E-state index contributed by atoms with van der Waals surface area (Å²) in [5, 5.41) is 3.18. The van der Waals surface area contributed by atoms with Gasteiger partial charge in [-0.15, -0.1) is 0 Å². The van der Waals surface area contributed by atoms with E-state index in [2.05, 4.69) is 37.5 Å². The molecule has 0 saturated carbocycles. The van der Waals surface area contributed by atoms with Gasteiger partial charge in [0, 0.05) is 19.1 Å². The number of nitrogens with one attached hydrogen (secondary N) is 2. The van der Waals surface area contributed by atoms with Crippen LogP contribution in [0.4, 0.5) is 11.9 Å². The van der Waals surface area contributed by atoms with E-state index in [1.807, 2.05) is 0 Å². The highest BCUT2D eigenvalue weighted by Crippen LogP contribution is 2.16. The maximum atomic E-state index is 5.32. The van der Waals surface area contributed by atoms with Gasteiger partial charge in [-0.05, 0) is 32.7 Å². The summed E-state index contributed by atoms with van der Waals surface area (Å²) in [6.07, 6.45) is 5.02. The zero-order valence-corrected chi connectivity index (χ0v) is 12.8. The summed E-state index contributed by atoms with van der Waals surface area (Å²) in [5.74, 6) is 6.08. The van der Waals surface area contributed by atoms with Gasteiger partial charge in [0.2, 0.25) is 11.9 Å². The fourth-order valence-corrected chi connectivity index (χ4v) is 2.56. The molecule has 0 radical (unpaired) electrons. The van der Waals surface area contributed by atoms with Gasteiger partial charge < -0.3 is 15.0 Å². The van der Waals surface area contributed by atoms with Crippen LogP contribution in [0.3, 0.4) is 0 Å². The molecule has 21 heavy (non-hydrogen) atoms. The van der Waals surface area contributed by atoms with E-state index in [4.69, 9.17) is 10.6 Å². The van der Waals surface area contributed by atoms with Crippen LogP contribution in [0, 0.1) is 0 Å². The van der Waals surface area contributed by atoms with Crippen LogP contribution in [0.5, 0.6) is 6.01 Å². The van der Waals surface area contributed by atoms with E-state index in [9.17, 15) is 0 Å². The van der Waals surface area contributed by atoms with Crippen LogP contribution in [0.15, 0.2) is 0 Å². The summed E-state index contributed by atoms with van der Waals surface area (Å²) in [6.45, 7) is 5.42. The molecule has 1 saturated heterocycles. The van der Waals surface area contributed by atoms with Crippen molar-refractivity contribution in [3.05, 3.63) is 0 Å². The summed E-state index contributed by atoms with van der Waals surface area (Å²) in [7, 11) is 1.51. The molecule has 1 aliphatic rings. The second kappa shape index (κ2) is 7.94. The van der Waals surface area contributed by atoms with Crippen LogP contribution in [-0.2, 0) is 0 Å². The summed E-state index contributed by atoms with van der Waals surface area (Å²) < 4.78 is 5.01. The number of hydrogen-bond acceptors (Lipinski definition) is 8. The van der Waals surface area contributed by atoms with Crippen molar-refractivity contribution in [3.8, 4) is 6.01 Å². The number of nitrogens with two attached hydrogens (primary N) is 1. The Hall–Kier alpha value is -1.67. The molecular formula is C13H25N7O. The van der Waals surface area contributed by atoms with Crippen LogP contribution < -0.4 is 21.3 Å². The van der Waals surface area contributed by atoms with Gasteiger partial charge in [0.15, 0.2) is 0 Å².